The molecule has 2 atom stereocenters. The Balaban J connectivity index is 1.47. The number of aliphatic hydroxyl groups excluding tert-OH is 1. The average Bonchev–Trinajstić information content (AvgIpc) is 2.77. The zero-order valence-corrected chi connectivity index (χ0v) is 16.3. The molecule has 0 aromatic heterocycles. The van der Waals surface area contributed by atoms with Gasteiger partial charge in [0.05, 0.1) is 12.1 Å². The van der Waals surface area contributed by atoms with Crippen LogP contribution in [0.5, 0.6) is 5.75 Å². The van der Waals surface area contributed by atoms with E-state index >= 15 is 0 Å². The highest BCUT2D eigenvalue weighted by Crippen LogP contribution is 2.21. The zero-order chi connectivity index (χ0) is 20.5. The Morgan fingerprint density at radius 1 is 0.862 bits per heavy atom. The summed E-state index contributed by atoms with van der Waals surface area (Å²) in [6, 6.07) is 26.0. The van der Waals surface area contributed by atoms with Crippen LogP contribution in [0.4, 0.5) is 4.79 Å². The first-order chi connectivity index (χ1) is 14.1. The molecule has 0 saturated carbocycles. The van der Waals surface area contributed by atoms with Gasteiger partial charge in [-0.1, -0.05) is 72.8 Å². The molecule has 3 aromatic carbocycles. The predicted molar refractivity (Wildman–Crippen MR) is 111 cm³/mol. The number of nitrogens with one attached hydrogen (secondary N) is 1. The molecule has 0 saturated heterocycles. The molecule has 0 aliphatic heterocycles. The summed E-state index contributed by atoms with van der Waals surface area (Å²) in [5.41, 5.74) is 2.68. The number of carbonyl (C=O) groups excluding carboxylic acids is 1. The molecule has 3 rings (SSSR count). The molecular formula is C24H25NO4. The van der Waals surface area contributed by atoms with Gasteiger partial charge in [0.25, 0.3) is 0 Å². The summed E-state index contributed by atoms with van der Waals surface area (Å²) in [4.78, 5) is 12.0. The molecule has 150 valence electrons. The first-order valence-corrected chi connectivity index (χ1v) is 9.54. The van der Waals surface area contributed by atoms with E-state index in [-0.39, 0.29) is 6.61 Å². The third-order valence-electron chi connectivity index (χ3n) is 4.50. The maximum absolute atomic E-state index is 12.0. The number of hydrogen-bond donors (Lipinski definition) is 2. The van der Waals surface area contributed by atoms with Gasteiger partial charge in [0.2, 0.25) is 0 Å². The van der Waals surface area contributed by atoms with Gasteiger partial charge in [0, 0.05) is 0 Å². The lowest BCUT2D eigenvalue weighted by atomic mass is 10.0. The number of rotatable bonds is 8. The van der Waals surface area contributed by atoms with Crippen molar-refractivity contribution in [3.8, 4) is 5.75 Å². The van der Waals surface area contributed by atoms with Gasteiger partial charge >= 0.3 is 6.09 Å². The predicted octanol–water partition coefficient (Wildman–Crippen LogP) is 4.61. The van der Waals surface area contributed by atoms with Crippen LogP contribution in [0.3, 0.4) is 0 Å². The fourth-order valence-electron chi connectivity index (χ4n) is 2.82. The van der Waals surface area contributed by atoms with Crippen molar-refractivity contribution in [1.29, 1.82) is 0 Å². The minimum absolute atomic E-state index is 0.183. The van der Waals surface area contributed by atoms with Crippen LogP contribution in [-0.4, -0.2) is 17.2 Å². The van der Waals surface area contributed by atoms with E-state index in [1.54, 1.807) is 19.1 Å². The van der Waals surface area contributed by atoms with Gasteiger partial charge in [-0.25, -0.2) is 4.79 Å². The van der Waals surface area contributed by atoms with Crippen LogP contribution in [0.2, 0.25) is 0 Å². The first-order valence-electron chi connectivity index (χ1n) is 9.54. The van der Waals surface area contributed by atoms with E-state index in [1.165, 1.54) is 0 Å². The SMILES string of the molecule is C[C@H](NC(=O)OCc1ccccc1)[C@H](O)c1ccc(OCc2ccccc2)cc1. The summed E-state index contributed by atoms with van der Waals surface area (Å²) in [6.45, 7) is 2.39. The Morgan fingerprint density at radius 3 is 2.00 bits per heavy atom. The Kier molecular flexibility index (Phi) is 7.25. The number of benzene rings is 3. The molecule has 0 fully saturated rings. The molecule has 5 nitrogen and oxygen atoms in total. The fraction of sp³-hybridized carbons (Fsp3) is 0.208. The molecule has 0 bridgehead atoms. The number of carbonyl (C=O) groups is 1. The van der Waals surface area contributed by atoms with E-state index in [0.717, 1.165) is 11.1 Å². The number of ether oxygens (including phenoxy) is 2. The monoisotopic (exact) mass is 391 g/mol. The van der Waals surface area contributed by atoms with Crippen LogP contribution in [0.15, 0.2) is 84.9 Å². The molecule has 29 heavy (non-hydrogen) atoms. The molecule has 0 aliphatic carbocycles. The van der Waals surface area contributed by atoms with Gasteiger partial charge in [-0.3, -0.25) is 0 Å². The van der Waals surface area contributed by atoms with E-state index in [0.29, 0.717) is 17.9 Å². The standard InChI is InChI=1S/C24H25NO4/c1-18(25-24(27)29-17-20-10-6-3-7-11-20)23(26)21-12-14-22(15-13-21)28-16-19-8-4-2-5-9-19/h2-15,18,23,26H,16-17H2,1H3,(H,25,27)/t18-,23-/m0/s1. The Bertz CT molecular complexity index is 882. The third-order valence-corrected chi connectivity index (χ3v) is 4.50. The maximum atomic E-state index is 12.0. The normalized spacial score (nSPS) is 12.6. The average molecular weight is 391 g/mol. The number of hydrogen-bond acceptors (Lipinski definition) is 4. The summed E-state index contributed by atoms with van der Waals surface area (Å²) >= 11 is 0. The largest absolute Gasteiger partial charge is 0.489 e. The van der Waals surface area contributed by atoms with Gasteiger partial charge < -0.3 is 19.9 Å². The lowest BCUT2D eigenvalue weighted by molar-refractivity contribution is 0.106. The maximum Gasteiger partial charge on any atom is 0.407 e. The molecule has 2 N–H and O–H groups in total. The second-order valence-electron chi connectivity index (χ2n) is 6.78. The fourth-order valence-corrected chi connectivity index (χ4v) is 2.82. The second kappa shape index (κ2) is 10.3. The van der Waals surface area contributed by atoms with Crippen LogP contribution < -0.4 is 10.1 Å². The van der Waals surface area contributed by atoms with Crippen molar-refractivity contribution in [3.05, 3.63) is 102 Å². The number of aliphatic hydroxyl groups is 1. The van der Waals surface area contributed by atoms with Crippen LogP contribution in [0, 0.1) is 0 Å². The Morgan fingerprint density at radius 2 is 1.41 bits per heavy atom. The van der Waals surface area contributed by atoms with E-state index in [4.69, 9.17) is 9.47 Å². The molecule has 3 aromatic rings. The second-order valence-corrected chi connectivity index (χ2v) is 6.78. The summed E-state index contributed by atoms with van der Waals surface area (Å²) in [6.07, 6.45) is -1.43. The quantitative estimate of drug-likeness (QED) is 0.588. The van der Waals surface area contributed by atoms with Gasteiger partial charge in [0.1, 0.15) is 19.0 Å². The van der Waals surface area contributed by atoms with Crippen molar-refractivity contribution in [2.24, 2.45) is 0 Å². The van der Waals surface area contributed by atoms with Crippen LogP contribution in [0.1, 0.15) is 29.7 Å². The van der Waals surface area contributed by atoms with Crippen molar-refractivity contribution >= 4 is 6.09 Å². The van der Waals surface area contributed by atoms with Gasteiger partial charge in [-0.2, -0.15) is 0 Å². The molecular weight excluding hydrogens is 366 g/mol. The minimum Gasteiger partial charge on any atom is -0.489 e. The highest BCUT2D eigenvalue weighted by Gasteiger charge is 2.19. The molecule has 0 radical (unpaired) electrons. The van der Waals surface area contributed by atoms with Crippen molar-refractivity contribution in [3.63, 3.8) is 0 Å². The lowest BCUT2D eigenvalue weighted by Crippen LogP contribution is -2.37. The van der Waals surface area contributed by atoms with Crippen LogP contribution >= 0.6 is 0 Å². The first kappa shape index (κ1) is 20.4. The zero-order valence-electron chi connectivity index (χ0n) is 16.3. The molecule has 5 heteroatoms. The van der Waals surface area contributed by atoms with E-state index < -0.39 is 18.2 Å². The summed E-state index contributed by atoms with van der Waals surface area (Å²) in [5.74, 6) is 0.715. The minimum atomic E-state index is -0.859. The van der Waals surface area contributed by atoms with Crippen molar-refractivity contribution in [2.45, 2.75) is 32.3 Å². The van der Waals surface area contributed by atoms with Crippen LogP contribution in [0.25, 0.3) is 0 Å². The Labute approximate surface area is 170 Å². The topological polar surface area (TPSA) is 67.8 Å². The van der Waals surface area contributed by atoms with Gasteiger partial charge in [-0.05, 0) is 35.7 Å². The van der Waals surface area contributed by atoms with Crippen LogP contribution in [-0.2, 0) is 18.0 Å². The summed E-state index contributed by atoms with van der Waals surface area (Å²) in [5, 5.41) is 13.2. The van der Waals surface area contributed by atoms with Crippen molar-refractivity contribution in [2.75, 3.05) is 0 Å². The number of amides is 1. The highest BCUT2D eigenvalue weighted by atomic mass is 16.5. The van der Waals surface area contributed by atoms with E-state index in [9.17, 15) is 9.90 Å². The van der Waals surface area contributed by atoms with Crippen molar-refractivity contribution in [1.82, 2.24) is 5.32 Å². The number of alkyl carbamates (subject to hydrolysis) is 1. The Hall–Kier alpha value is -3.31. The molecule has 0 aliphatic rings. The molecule has 0 spiro atoms. The molecule has 1 amide bonds. The van der Waals surface area contributed by atoms with E-state index in [2.05, 4.69) is 5.32 Å². The van der Waals surface area contributed by atoms with Gasteiger partial charge in [0.15, 0.2) is 0 Å². The smallest absolute Gasteiger partial charge is 0.407 e. The summed E-state index contributed by atoms with van der Waals surface area (Å²) < 4.78 is 11.0. The third kappa shape index (κ3) is 6.36. The highest BCUT2D eigenvalue weighted by molar-refractivity contribution is 5.67. The van der Waals surface area contributed by atoms with Crippen molar-refractivity contribution < 1.29 is 19.4 Å². The van der Waals surface area contributed by atoms with Gasteiger partial charge in [-0.15, -0.1) is 0 Å². The molecule has 0 unspecified atom stereocenters. The lowest BCUT2D eigenvalue weighted by Gasteiger charge is -2.20. The van der Waals surface area contributed by atoms with E-state index in [1.807, 2.05) is 72.8 Å². The molecule has 0 heterocycles. The summed E-state index contributed by atoms with van der Waals surface area (Å²) in [7, 11) is 0.